The topological polar surface area (TPSA) is 24.9 Å². The van der Waals surface area contributed by atoms with Gasteiger partial charge in [-0.1, -0.05) is 19.8 Å². The Kier molecular flexibility index (Phi) is 3.73. The Hall–Kier alpha value is -0.890. The van der Waals surface area contributed by atoms with E-state index in [4.69, 9.17) is 0 Å². The Morgan fingerprint density at radius 1 is 1.33 bits per heavy atom. The Morgan fingerprint density at radius 3 is 2.60 bits per heavy atom. The molecular weight excluding hydrogens is 184 g/mol. The highest BCUT2D eigenvalue weighted by Gasteiger charge is 2.18. The van der Waals surface area contributed by atoms with Crippen molar-refractivity contribution < 1.29 is 0 Å². The summed E-state index contributed by atoms with van der Waals surface area (Å²) in [5, 5.41) is 3.75. The van der Waals surface area contributed by atoms with E-state index in [2.05, 4.69) is 29.4 Å². The van der Waals surface area contributed by atoms with Gasteiger partial charge >= 0.3 is 0 Å². The van der Waals surface area contributed by atoms with Crippen molar-refractivity contribution in [3.8, 4) is 0 Å². The van der Waals surface area contributed by atoms with Crippen LogP contribution in [-0.2, 0) is 0 Å². The van der Waals surface area contributed by atoms with E-state index in [1.807, 2.05) is 12.4 Å². The molecule has 1 aliphatic carbocycles. The second-order valence-electron chi connectivity index (χ2n) is 4.39. The van der Waals surface area contributed by atoms with Crippen molar-refractivity contribution in [3.63, 3.8) is 0 Å². The van der Waals surface area contributed by atoms with Crippen molar-refractivity contribution in [3.05, 3.63) is 30.1 Å². The minimum absolute atomic E-state index is 0.510. The van der Waals surface area contributed by atoms with Crippen LogP contribution in [0.25, 0.3) is 0 Å². The highest BCUT2D eigenvalue weighted by molar-refractivity contribution is 5.15. The third-order valence-corrected chi connectivity index (χ3v) is 3.31. The van der Waals surface area contributed by atoms with Gasteiger partial charge in [-0.25, -0.2) is 0 Å². The smallest absolute Gasteiger partial charge is 0.0321 e. The van der Waals surface area contributed by atoms with Gasteiger partial charge in [-0.2, -0.15) is 0 Å². The SMILES string of the molecule is CCC(NC1CCCC1)c1ccncc1. The highest BCUT2D eigenvalue weighted by atomic mass is 15.0. The molecule has 1 aromatic rings. The molecule has 1 atom stereocenters. The number of aromatic nitrogens is 1. The van der Waals surface area contributed by atoms with Crippen LogP contribution in [0.15, 0.2) is 24.5 Å². The van der Waals surface area contributed by atoms with E-state index >= 15 is 0 Å². The summed E-state index contributed by atoms with van der Waals surface area (Å²) in [4.78, 5) is 4.07. The summed E-state index contributed by atoms with van der Waals surface area (Å²) < 4.78 is 0. The molecule has 0 aromatic carbocycles. The van der Waals surface area contributed by atoms with Gasteiger partial charge < -0.3 is 5.32 Å². The van der Waals surface area contributed by atoms with E-state index in [0.717, 1.165) is 12.5 Å². The highest BCUT2D eigenvalue weighted by Crippen LogP contribution is 2.23. The van der Waals surface area contributed by atoms with Crippen molar-refractivity contribution in [2.45, 2.75) is 51.1 Å². The van der Waals surface area contributed by atoms with Gasteiger partial charge in [0.1, 0.15) is 0 Å². The van der Waals surface area contributed by atoms with Gasteiger partial charge in [-0.3, -0.25) is 4.98 Å². The average molecular weight is 204 g/mol. The fraction of sp³-hybridized carbons (Fsp3) is 0.615. The van der Waals surface area contributed by atoms with Crippen molar-refractivity contribution in [1.29, 1.82) is 0 Å². The third-order valence-electron chi connectivity index (χ3n) is 3.31. The second kappa shape index (κ2) is 5.26. The summed E-state index contributed by atoms with van der Waals surface area (Å²) in [6.45, 7) is 2.24. The Balaban J connectivity index is 1.97. The van der Waals surface area contributed by atoms with Crippen molar-refractivity contribution >= 4 is 0 Å². The number of hydrogen-bond acceptors (Lipinski definition) is 2. The third kappa shape index (κ3) is 2.78. The largest absolute Gasteiger partial charge is 0.307 e. The Bertz CT molecular complexity index is 278. The van der Waals surface area contributed by atoms with Crippen LogP contribution < -0.4 is 5.32 Å². The first-order chi connectivity index (χ1) is 7.40. The van der Waals surface area contributed by atoms with Gasteiger partial charge in [0.15, 0.2) is 0 Å². The van der Waals surface area contributed by atoms with Gasteiger partial charge in [-0.05, 0) is 37.0 Å². The molecule has 0 aliphatic heterocycles. The molecule has 0 saturated heterocycles. The quantitative estimate of drug-likeness (QED) is 0.815. The molecule has 2 nitrogen and oxygen atoms in total. The molecule has 1 aliphatic rings. The zero-order valence-corrected chi connectivity index (χ0v) is 9.45. The molecule has 1 fully saturated rings. The molecule has 1 N–H and O–H groups in total. The van der Waals surface area contributed by atoms with Crippen molar-refractivity contribution in [2.75, 3.05) is 0 Å². The molecule has 0 radical (unpaired) electrons. The lowest BCUT2D eigenvalue weighted by Gasteiger charge is -2.21. The molecule has 1 aromatic heterocycles. The van der Waals surface area contributed by atoms with E-state index < -0.39 is 0 Å². The first kappa shape index (κ1) is 10.6. The van der Waals surface area contributed by atoms with Gasteiger partial charge in [-0.15, -0.1) is 0 Å². The summed E-state index contributed by atoms with van der Waals surface area (Å²) in [7, 11) is 0. The molecule has 15 heavy (non-hydrogen) atoms. The van der Waals surface area contributed by atoms with Crippen LogP contribution in [0.2, 0.25) is 0 Å². The number of pyridine rings is 1. The molecule has 0 bridgehead atoms. The molecule has 0 spiro atoms. The Labute approximate surface area is 92.1 Å². The molecule has 82 valence electrons. The number of rotatable bonds is 4. The predicted molar refractivity (Wildman–Crippen MR) is 62.7 cm³/mol. The normalized spacial score (nSPS) is 19.3. The lowest BCUT2D eigenvalue weighted by molar-refractivity contribution is 0.430. The first-order valence-corrected chi connectivity index (χ1v) is 6.06. The van der Waals surface area contributed by atoms with Crippen LogP contribution in [0.5, 0.6) is 0 Å². The van der Waals surface area contributed by atoms with Crippen LogP contribution in [0.3, 0.4) is 0 Å². The minimum atomic E-state index is 0.510. The lowest BCUT2D eigenvalue weighted by atomic mass is 10.0. The first-order valence-electron chi connectivity index (χ1n) is 6.06. The van der Waals surface area contributed by atoms with Gasteiger partial charge in [0, 0.05) is 24.5 Å². The maximum atomic E-state index is 4.07. The lowest BCUT2D eigenvalue weighted by Crippen LogP contribution is -2.30. The molecule has 1 heterocycles. The standard InChI is InChI=1S/C13H20N2/c1-2-13(11-7-9-14-10-8-11)15-12-5-3-4-6-12/h7-10,12-13,15H,2-6H2,1H3. The molecule has 0 amide bonds. The van der Waals surface area contributed by atoms with E-state index in [0.29, 0.717) is 6.04 Å². The summed E-state index contributed by atoms with van der Waals surface area (Å²) in [5.74, 6) is 0. The summed E-state index contributed by atoms with van der Waals surface area (Å²) in [5.41, 5.74) is 1.37. The van der Waals surface area contributed by atoms with Gasteiger partial charge in [0.2, 0.25) is 0 Å². The maximum Gasteiger partial charge on any atom is 0.0321 e. The van der Waals surface area contributed by atoms with E-state index in [1.54, 1.807) is 0 Å². The van der Waals surface area contributed by atoms with Crippen LogP contribution >= 0.6 is 0 Å². The average Bonchev–Trinajstić information content (AvgIpc) is 2.80. The predicted octanol–water partition coefficient (Wildman–Crippen LogP) is 3.06. The monoisotopic (exact) mass is 204 g/mol. The molecule has 1 saturated carbocycles. The second-order valence-corrected chi connectivity index (χ2v) is 4.39. The molecule has 2 heteroatoms. The number of nitrogens with one attached hydrogen (secondary N) is 1. The summed E-state index contributed by atoms with van der Waals surface area (Å²) in [6, 6.07) is 5.49. The van der Waals surface area contributed by atoms with Crippen LogP contribution in [-0.4, -0.2) is 11.0 Å². The Morgan fingerprint density at radius 2 is 2.00 bits per heavy atom. The van der Waals surface area contributed by atoms with E-state index in [-0.39, 0.29) is 0 Å². The fourth-order valence-corrected chi connectivity index (χ4v) is 2.42. The maximum absolute atomic E-state index is 4.07. The van der Waals surface area contributed by atoms with E-state index in [1.165, 1.54) is 31.2 Å². The minimum Gasteiger partial charge on any atom is -0.307 e. The zero-order chi connectivity index (χ0) is 10.5. The number of nitrogens with zero attached hydrogens (tertiary/aromatic N) is 1. The summed E-state index contributed by atoms with van der Waals surface area (Å²) >= 11 is 0. The van der Waals surface area contributed by atoms with Crippen molar-refractivity contribution in [1.82, 2.24) is 10.3 Å². The molecule has 1 unspecified atom stereocenters. The summed E-state index contributed by atoms with van der Waals surface area (Å²) in [6.07, 6.45) is 10.4. The zero-order valence-electron chi connectivity index (χ0n) is 9.45. The van der Waals surface area contributed by atoms with Gasteiger partial charge in [0.05, 0.1) is 0 Å². The molecular formula is C13H20N2. The fourth-order valence-electron chi connectivity index (χ4n) is 2.42. The van der Waals surface area contributed by atoms with Crippen LogP contribution in [0.1, 0.15) is 50.6 Å². The van der Waals surface area contributed by atoms with Gasteiger partial charge in [0.25, 0.3) is 0 Å². The van der Waals surface area contributed by atoms with Crippen molar-refractivity contribution in [2.24, 2.45) is 0 Å². The van der Waals surface area contributed by atoms with E-state index in [9.17, 15) is 0 Å². The molecule has 2 rings (SSSR count). The van der Waals surface area contributed by atoms with Crippen LogP contribution in [0.4, 0.5) is 0 Å². The van der Waals surface area contributed by atoms with Crippen LogP contribution in [0, 0.1) is 0 Å². The number of hydrogen-bond donors (Lipinski definition) is 1.